The largest absolute Gasteiger partial charge is 0.508 e. The number of benzene rings is 2. The maximum atomic E-state index is 10.00. The molecular weight excluding hydrogens is 380 g/mol. The molecule has 0 aliphatic rings. The van der Waals surface area contributed by atoms with Crippen molar-refractivity contribution in [3.63, 3.8) is 0 Å². The van der Waals surface area contributed by atoms with Gasteiger partial charge in [-0.25, -0.2) is 5.10 Å². The average Bonchev–Trinajstić information content (AvgIpc) is 2.91. The third-order valence-corrected chi connectivity index (χ3v) is 3.94. The molecule has 0 radical (unpaired) electrons. The van der Waals surface area contributed by atoms with E-state index in [2.05, 4.69) is 31.2 Å². The maximum absolute atomic E-state index is 10.00. The molecule has 0 atom stereocenters. The summed E-state index contributed by atoms with van der Waals surface area (Å²) in [5, 5.41) is 30.7. The number of nitrogens with one attached hydrogen (secondary N) is 1. The molecule has 3 N–H and O–H groups in total. The zero-order valence-electron chi connectivity index (χ0n) is 11.6. The highest BCUT2D eigenvalue weighted by molar-refractivity contribution is 9.10. The van der Waals surface area contributed by atoms with Gasteiger partial charge in [-0.05, 0) is 40.3 Å². The van der Waals surface area contributed by atoms with Gasteiger partial charge in [-0.2, -0.15) is 14.9 Å². The summed E-state index contributed by atoms with van der Waals surface area (Å²) in [6.45, 7) is 0. The number of aromatic hydroxyl groups is 2. The van der Waals surface area contributed by atoms with Gasteiger partial charge >= 0.3 is 0 Å². The van der Waals surface area contributed by atoms with E-state index >= 15 is 0 Å². The van der Waals surface area contributed by atoms with Crippen molar-refractivity contribution in [1.82, 2.24) is 14.9 Å². The second kappa shape index (κ2) is 6.35. The summed E-state index contributed by atoms with van der Waals surface area (Å²) in [4.78, 5) is 0. The van der Waals surface area contributed by atoms with Gasteiger partial charge in [0.05, 0.1) is 10.7 Å². The van der Waals surface area contributed by atoms with Crippen LogP contribution in [0.5, 0.6) is 11.5 Å². The Balaban J connectivity index is 2.05. The minimum Gasteiger partial charge on any atom is -0.508 e. The van der Waals surface area contributed by atoms with Crippen LogP contribution >= 0.6 is 28.1 Å². The first kappa shape index (κ1) is 15.4. The van der Waals surface area contributed by atoms with Crippen LogP contribution in [0.2, 0.25) is 0 Å². The number of phenols is 2. The number of aromatic nitrogens is 3. The van der Waals surface area contributed by atoms with Gasteiger partial charge in [0.1, 0.15) is 11.5 Å². The predicted molar refractivity (Wildman–Crippen MR) is 93.3 cm³/mol. The summed E-state index contributed by atoms with van der Waals surface area (Å²) in [5.74, 6) is 0.531. The minimum absolute atomic E-state index is 0.00944. The molecule has 2 aromatic carbocycles. The van der Waals surface area contributed by atoms with Crippen LogP contribution in [0.25, 0.3) is 11.4 Å². The van der Waals surface area contributed by atoms with Crippen molar-refractivity contribution in [3.05, 3.63) is 57.3 Å². The lowest BCUT2D eigenvalue weighted by atomic mass is 10.2. The van der Waals surface area contributed by atoms with Gasteiger partial charge in [0.2, 0.25) is 4.77 Å². The standard InChI is InChI=1S/C15H11BrN4O2S/c16-12-7-11(21)6-10(13(12)22)8-17-20-14(18-19-15(20)23)9-4-2-1-3-5-9/h1-8,21-22H,(H,19,23)/b17-8+. The van der Waals surface area contributed by atoms with Crippen LogP contribution in [0.4, 0.5) is 0 Å². The van der Waals surface area contributed by atoms with Gasteiger partial charge in [0.15, 0.2) is 5.82 Å². The van der Waals surface area contributed by atoms with E-state index in [4.69, 9.17) is 12.2 Å². The van der Waals surface area contributed by atoms with E-state index in [0.717, 1.165) is 5.56 Å². The number of rotatable bonds is 3. The van der Waals surface area contributed by atoms with Crippen molar-refractivity contribution in [2.45, 2.75) is 0 Å². The van der Waals surface area contributed by atoms with Crippen LogP contribution in [0.15, 0.2) is 52.0 Å². The van der Waals surface area contributed by atoms with Gasteiger partial charge < -0.3 is 10.2 Å². The molecule has 6 nitrogen and oxygen atoms in total. The van der Waals surface area contributed by atoms with E-state index in [0.29, 0.717) is 20.6 Å². The normalized spacial score (nSPS) is 11.2. The average molecular weight is 391 g/mol. The highest BCUT2D eigenvalue weighted by Gasteiger charge is 2.09. The smallest absolute Gasteiger partial charge is 0.216 e. The number of hydrogen-bond donors (Lipinski definition) is 3. The molecule has 0 spiro atoms. The van der Waals surface area contributed by atoms with Crippen molar-refractivity contribution in [2.75, 3.05) is 0 Å². The van der Waals surface area contributed by atoms with Gasteiger partial charge in [0, 0.05) is 11.1 Å². The molecule has 3 rings (SSSR count). The Kier molecular flexibility index (Phi) is 4.26. The number of phenolic OH excluding ortho intramolecular Hbond substituents is 2. The van der Waals surface area contributed by atoms with Gasteiger partial charge in [-0.3, -0.25) is 0 Å². The third-order valence-electron chi connectivity index (χ3n) is 3.07. The number of nitrogens with zero attached hydrogens (tertiary/aromatic N) is 3. The minimum atomic E-state index is -0.0252. The van der Waals surface area contributed by atoms with E-state index in [1.54, 1.807) is 0 Å². The summed E-state index contributed by atoms with van der Waals surface area (Å²) in [6.07, 6.45) is 1.40. The van der Waals surface area contributed by atoms with Gasteiger partial charge in [-0.1, -0.05) is 30.3 Å². The first-order chi connectivity index (χ1) is 11.1. The molecule has 0 aliphatic carbocycles. The van der Waals surface area contributed by atoms with Crippen LogP contribution in [-0.4, -0.2) is 31.3 Å². The fourth-order valence-corrected chi connectivity index (χ4v) is 2.64. The molecule has 1 aromatic heterocycles. The molecular formula is C15H11BrN4O2S. The topological polar surface area (TPSA) is 86.4 Å². The lowest BCUT2D eigenvalue weighted by Gasteiger charge is -2.04. The number of halogens is 1. The molecule has 3 aromatic rings. The lowest BCUT2D eigenvalue weighted by Crippen LogP contribution is -1.95. The molecule has 0 saturated heterocycles. The molecule has 0 unspecified atom stereocenters. The quantitative estimate of drug-likeness (QED) is 0.361. The van der Waals surface area contributed by atoms with Gasteiger partial charge in [-0.15, -0.1) is 0 Å². The zero-order valence-corrected chi connectivity index (χ0v) is 14.0. The van der Waals surface area contributed by atoms with Crippen LogP contribution in [0.1, 0.15) is 5.56 Å². The zero-order chi connectivity index (χ0) is 16.4. The molecule has 0 fully saturated rings. The van der Waals surface area contributed by atoms with E-state index in [-0.39, 0.29) is 11.5 Å². The maximum Gasteiger partial charge on any atom is 0.216 e. The molecule has 0 saturated carbocycles. The Labute approximate surface area is 144 Å². The Morgan fingerprint density at radius 1 is 1.22 bits per heavy atom. The number of aromatic amines is 1. The highest BCUT2D eigenvalue weighted by atomic mass is 79.9. The summed E-state index contributed by atoms with van der Waals surface area (Å²) in [7, 11) is 0. The van der Waals surface area contributed by atoms with Crippen molar-refractivity contribution < 1.29 is 10.2 Å². The molecule has 0 amide bonds. The van der Waals surface area contributed by atoms with Crippen LogP contribution < -0.4 is 0 Å². The van der Waals surface area contributed by atoms with Crippen molar-refractivity contribution >= 4 is 34.4 Å². The van der Waals surface area contributed by atoms with E-state index in [1.807, 2.05) is 30.3 Å². The van der Waals surface area contributed by atoms with E-state index in [9.17, 15) is 10.2 Å². The first-order valence-electron chi connectivity index (χ1n) is 6.55. The van der Waals surface area contributed by atoms with Crippen LogP contribution in [0, 0.1) is 4.77 Å². The lowest BCUT2D eigenvalue weighted by molar-refractivity contribution is 0.456. The van der Waals surface area contributed by atoms with Crippen molar-refractivity contribution in [2.24, 2.45) is 5.10 Å². The molecule has 116 valence electrons. The first-order valence-corrected chi connectivity index (χ1v) is 7.75. The second-order valence-corrected chi connectivity index (χ2v) is 5.88. The van der Waals surface area contributed by atoms with Gasteiger partial charge in [0.25, 0.3) is 0 Å². The summed E-state index contributed by atoms with van der Waals surface area (Å²) in [6, 6.07) is 12.2. The fraction of sp³-hybridized carbons (Fsp3) is 0. The molecule has 8 heteroatoms. The number of H-pyrrole nitrogens is 1. The molecule has 0 aliphatic heterocycles. The fourth-order valence-electron chi connectivity index (χ4n) is 2.00. The van der Waals surface area contributed by atoms with Crippen LogP contribution in [-0.2, 0) is 0 Å². The second-order valence-electron chi connectivity index (χ2n) is 4.64. The third kappa shape index (κ3) is 3.17. The summed E-state index contributed by atoms with van der Waals surface area (Å²) >= 11 is 8.35. The molecule has 0 bridgehead atoms. The summed E-state index contributed by atoms with van der Waals surface area (Å²) in [5.41, 5.74) is 1.19. The van der Waals surface area contributed by atoms with E-state index < -0.39 is 0 Å². The summed E-state index contributed by atoms with van der Waals surface area (Å²) < 4.78 is 2.14. The predicted octanol–water partition coefficient (Wildman–Crippen LogP) is 3.66. The highest BCUT2D eigenvalue weighted by Crippen LogP contribution is 2.31. The molecule has 23 heavy (non-hydrogen) atoms. The SMILES string of the molecule is Oc1cc(Br)c(O)c(/C=N/n2c(-c3ccccc3)n[nH]c2=S)c1. The Morgan fingerprint density at radius 3 is 2.70 bits per heavy atom. The molecule has 1 heterocycles. The van der Waals surface area contributed by atoms with E-state index in [1.165, 1.54) is 23.0 Å². The Bertz CT molecular complexity index is 934. The van der Waals surface area contributed by atoms with Crippen LogP contribution in [0.3, 0.4) is 0 Å². The number of hydrogen-bond acceptors (Lipinski definition) is 5. The van der Waals surface area contributed by atoms with Crippen molar-refractivity contribution in [1.29, 1.82) is 0 Å². The Morgan fingerprint density at radius 2 is 1.96 bits per heavy atom. The van der Waals surface area contributed by atoms with Crippen molar-refractivity contribution in [3.8, 4) is 22.9 Å². The monoisotopic (exact) mass is 390 g/mol. The Hall–Kier alpha value is -2.45.